The molecule has 3 atom stereocenters. The lowest BCUT2D eigenvalue weighted by Crippen LogP contribution is -2.50. The maximum Gasteiger partial charge on any atom is 0.416 e. The van der Waals surface area contributed by atoms with Gasteiger partial charge in [0.1, 0.15) is 5.82 Å². The van der Waals surface area contributed by atoms with Crippen LogP contribution in [0.5, 0.6) is 0 Å². The minimum atomic E-state index is -4.40. The molecule has 0 saturated carbocycles. The summed E-state index contributed by atoms with van der Waals surface area (Å²) in [6.45, 7) is 1.34. The van der Waals surface area contributed by atoms with Gasteiger partial charge >= 0.3 is 12.2 Å². The molecule has 2 aromatic carbocycles. The van der Waals surface area contributed by atoms with Crippen molar-refractivity contribution < 1.29 is 22.4 Å². The highest BCUT2D eigenvalue weighted by Crippen LogP contribution is 2.43. The second-order valence-corrected chi connectivity index (χ2v) is 8.30. The van der Waals surface area contributed by atoms with Gasteiger partial charge in [-0.25, -0.2) is 9.18 Å². The van der Waals surface area contributed by atoms with E-state index >= 15 is 0 Å². The number of amides is 2. The van der Waals surface area contributed by atoms with Crippen LogP contribution in [-0.2, 0) is 12.6 Å². The molecule has 2 bridgehead atoms. The normalized spacial score (nSPS) is 25.6. The zero-order chi connectivity index (χ0) is 21.0. The van der Waals surface area contributed by atoms with E-state index in [-0.39, 0.29) is 30.0 Å². The van der Waals surface area contributed by atoms with Crippen molar-refractivity contribution in [3.8, 4) is 0 Å². The van der Waals surface area contributed by atoms with E-state index in [1.54, 1.807) is 11.0 Å². The third-order valence-electron chi connectivity index (χ3n) is 6.56. The first-order chi connectivity index (χ1) is 14.3. The molecule has 158 valence electrons. The fourth-order valence-corrected chi connectivity index (χ4v) is 5.17. The first-order valence-corrected chi connectivity index (χ1v) is 10.1. The van der Waals surface area contributed by atoms with Crippen LogP contribution in [0, 0.1) is 5.82 Å². The SMILES string of the molecule is O=C(Nc1ccc(C(F)(F)F)cc1)N1CC2CC1CN2C1CCc2cc(F)ccc21. The monoisotopic (exact) mass is 419 g/mol. The Bertz CT molecular complexity index is 975. The Kier molecular flexibility index (Phi) is 4.50. The average molecular weight is 419 g/mol. The largest absolute Gasteiger partial charge is 0.416 e. The number of fused-ring (bicyclic) bond motifs is 3. The van der Waals surface area contributed by atoms with Crippen molar-refractivity contribution in [3.63, 3.8) is 0 Å². The highest BCUT2D eigenvalue weighted by Gasteiger charge is 2.48. The lowest BCUT2D eigenvalue weighted by Gasteiger charge is -2.38. The van der Waals surface area contributed by atoms with Crippen LogP contribution in [0.25, 0.3) is 0 Å². The van der Waals surface area contributed by atoms with Gasteiger partial charge in [0.15, 0.2) is 0 Å². The number of hydrogen-bond donors (Lipinski definition) is 1. The van der Waals surface area contributed by atoms with Crippen LogP contribution in [0.15, 0.2) is 42.5 Å². The Morgan fingerprint density at radius 3 is 2.47 bits per heavy atom. The van der Waals surface area contributed by atoms with Crippen molar-refractivity contribution in [3.05, 3.63) is 65.0 Å². The quantitative estimate of drug-likeness (QED) is 0.709. The lowest BCUT2D eigenvalue weighted by molar-refractivity contribution is -0.137. The van der Waals surface area contributed by atoms with E-state index in [1.165, 1.54) is 23.8 Å². The highest BCUT2D eigenvalue weighted by molar-refractivity contribution is 5.90. The fourth-order valence-electron chi connectivity index (χ4n) is 5.17. The summed E-state index contributed by atoms with van der Waals surface area (Å²) in [5.74, 6) is -0.205. The van der Waals surface area contributed by atoms with Crippen molar-refractivity contribution in [2.45, 2.75) is 43.6 Å². The molecule has 2 saturated heterocycles. The van der Waals surface area contributed by atoms with Gasteiger partial charge in [0.2, 0.25) is 0 Å². The summed E-state index contributed by atoms with van der Waals surface area (Å²) in [6.07, 6.45) is -1.69. The Morgan fingerprint density at radius 2 is 1.80 bits per heavy atom. The number of hydrogen-bond acceptors (Lipinski definition) is 2. The van der Waals surface area contributed by atoms with Crippen LogP contribution < -0.4 is 5.32 Å². The Labute approximate surface area is 171 Å². The number of anilines is 1. The molecule has 2 aliphatic heterocycles. The number of halogens is 4. The molecule has 30 heavy (non-hydrogen) atoms. The molecule has 2 fully saturated rings. The lowest BCUT2D eigenvalue weighted by atomic mass is 10.1. The average Bonchev–Trinajstić information content (AvgIpc) is 3.40. The topological polar surface area (TPSA) is 35.6 Å². The van der Waals surface area contributed by atoms with Crippen molar-refractivity contribution >= 4 is 11.7 Å². The molecule has 2 amide bonds. The molecule has 5 rings (SSSR count). The fraction of sp³-hybridized carbons (Fsp3) is 0.409. The molecular formula is C22H21F4N3O. The highest BCUT2D eigenvalue weighted by atomic mass is 19.4. The molecule has 3 unspecified atom stereocenters. The zero-order valence-electron chi connectivity index (χ0n) is 16.1. The Hall–Kier alpha value is -2.61. The molecule has 0 radical (unpaired) electrons. The summed E-state index contributed by atoms with van der Waals surface area (Å²) in [5.41, 5.74) is 1.86. The number of urea groups is 1. The van der Waals surface area contributed by atoms with Gasteiger partial charge in [0.05, 0.1) is 5.56 Å². The number of nitrogens with zero attached hydrogens (tertiary/aromatic N) is 2. The number of alkyl halides is 3. The van der Waals surface area contributed by atoms with Gasteiger partial charge in [-0.2, -0.15) is 13.2 Å². The zero-order valence-corrected chi connectivity index (χ0v) is 16.1. The molecule has 1 aliphatic carbocycles. The predicted octanol–water partition coefficient (Wildman–Crippen LogP) is 4.82. The number of carbonyl (C=O) groups is 1. The van der Waals surface area contributed by atoms with Crippen molar-refractivity contribution in [2.75, 3.05) is 18.4 Å². The third-order valence-corrected chi connectivity index (χ3v) is 6.56. The maximum absolute atomic E-state index is 13.5. The molecule has 8 heteroatoms. The number of aryl methyl sites for hydroxylation is 1. The van der Waals surface area contributed by atoms with E-state index in [0.29, 0.717) is 12.2 Å². The van der Waals surface area contributed by atoms with Crippen LogP contribution in [0.1, 0.15) is 35.6 Å². The van der Waals surface area contributed by atoms with Gasteiger partial charge in [-0.1, -0.05) is 6.07 Å². The molecule has 4 nitrogen and oxygen atoms in total. The van der Waals surface area contributed by atoms with Crippen molar-refractivity contribution in [1.82, 2.24) is 9.80 Å². The van der Waals surface area contributed by atoms with E-state index in [1.807, 2.05) is 6.07 Å². The number of likely N-dealkylation sites (tertiary alicyclic amines) is 2. The number of rotatable bonds is 2. The summed E-state index contributed by atoms with van der Waals surface area (Å²) >= 11 is 0. The Balaban J connectivity index is 1.23. The van der Waals surface area contributed by atoms with Gasteiger partial charge in [-0.05, 0) is 66.8 Å². The number of carbonyl (C=O) groups excluding carboxylic acids is 1. The molecule has 2 aromatic rings. The van der Waals surface area contributed by atoms with E-state index in [4.69, 9.17) is 0 Å². The van der Waals surface area contributed by atoms with Crippen LogP contribution in [-0.4, -0.2) is 41.0 Å². The standard InChI is InChI=1S/C22H21F4N3O/c23-15-4-7-19-13(9-15)1-8-20(19)28-11-18-10-17(28)12-29(18)21(30)27-16-5-2-14(3-6-16)22(24,25)26/h2-7,9,17-18,20H,1,8,10-12H2,(H,27,30). The van der Waals surface area contributed by atoms with Gasteiger partial charge in [0.25, 0.3) is 0 Å². The van der Waals surface area contributed by atoms with Gasteiger partial charge < -0.3 is 10.2 Å². The second kappa shape index (κ2) is 6.97. The van der Waals surface area contributed by atoms with E-state index < -0.39 is 11.7 Å². The molecule has 3 aliphatic rings. The number of piperazine rings is 1. The van der Waals surface area contributed by atoms with Gasteiger partial charge in [0, 0.05) is 36.9 Å². The molecule has 1 N–H and O–H groups in total. The maximum atomic E-state index is 13.5. The predicted molar refractivity (Wildman–Crippen MR) is 104 cm³/mol. The summed E-state index contributed by atoms with van der Waals surface area (Å²) in [5, 5.41) is 2.71. The molecule has 0 spiro atoms. The van der Waals surface area contributed by atoms with Crippen LogP contribution >= 0.6 is 0 Å². The minimum absolute atomic E-state index is 0.0777. The Morgan fingerprint density at radius 1 is 1.03 bits per heavy atom. The smallest absolute Gasteiger partial charge is 0.319 e. The summed E-state index contributed by atoms with van der Waals surface area (Å²) < 4.78 is 51.6. The summed E-state index contributed by atoms with van der Waals surface area (Å²) in [6, 6.07) is 9.79. The third kappa shape index (κ3) is 3.33. The second-order valence-electron chi connectivity index (χ2n) is 8.30. The van der Waals surface area contributed by atoms with E-state index in [2.05, 4.69) is 10.2 Å². The van der Waals surface area contributed by atoms with E-state index in [9.17, 15) is 22.4 Å². The van der Waals surface area contributed by atoms with Crippen LogP contribution in [0.4, 0.5) is 28.0 Å². The van der Waals surface area contributed by atoms with Gasteiger partial charge in [-0.15, -0.1) is 0 Å². The first-order valence-electron chi connectivity index (χ1n) is 10.1. The van der Waals surface area contributed by atoms with Crippen molar-refractivity contribution in [1.29, 1.82) is 0 Å². The van der Waals surface area contributed by atoms with Crippen LogP contribution in [0.2, 0.25) is 0 Å². The number of nitrogens with one attached hydrogen (secondary N) is 1. The van der Waals surface area contributed by atoms with Gasteiger partial charge in [-0.3, -0.25) is 4.90 Å². The van der Waals surface area contributed by atoms with Crippen molar-refractivity contribution in [2.24, 2.45) is 0 Å². The molecule has 0 aromatic heterocycles. The summed E-state index contributed by atoms with van der Waals surface area (Å²) in [7, 11) is 0. The number of benzene rings is 2. The minimum Gasteiger partial charge on any atom is -0.319 e. The molecule has 2 heterocycles. The first kappa shape index (κ1) is 19.4. The van der Waals surface area contributed by atoms with Crippen LogP contribution in [0.3, 0.4) is 0 Å². The summed E-state index contributed by atoms with van der Waals surface area (Å²) in [4.78, 5) is 16.9. The van der Waals surface area contributed by atoms with E-state index in [0.717, 1.165) is 43.5 Å². The molecular weight excluding hydrogens is 398 g/mol.